The number of amides is 3. The number of carbonyl (C=O) groups is 2. The van der Waals surface area contributed by atoms with E-state index >= 15 is 0 Å². The van der Waals surface area contributed by atoms with Crippen LogP contribution in [0.2, 0.25) is 5.02 Å². The van der Waals surface area contributed by atoms with Gasteiger partial charge in [-0.3, -0.25) is 4.79 Å². The number of rotatable bonds is 3. The molecule has 0 aliphatic carbocycles. The summed E-state index contributed by atoms with van der Waals surface area (Å²) in [6.07, 6.45) is 1.20. The quantitative estimate of drug-likeness (QED) is 0.821. The van der Waals surface area contributed by atoms with E-state index in [1.54, 1.807) is 0 Å². The lowest BCUT2D eigenvalue weighted by molar-refractivity contribution is -0.132. The van der Waals surface area contributed by atoms with Gasteiger partial charge >= 0.3 is 6.03 Å². The zero-order chi connectivity index (χ0) is 17.6. The number of hydrogen-bond donors (Lipinski definition) is 0. The van der Waals surface area contributed by atoms with E-state index in [0.717, 1.165) is 5.56 Å². The molecule has 0 radical (unpaired) electrons. The topological polar surface area (TPSA) is 53.1 Å². The van der Waals surface area contributed by atoms with Crippen LogP contribution < -0.4 is 0 Å². The maximum Gasteiger partial charge on any atom is 0.320 e. The van der Waals surface area contributed by atoms with E-state index in [1.807, 2.05) is 39.0 Å². The smallest absolute Gasteiger partial charge is 0.320 e. The Hall–Kier alpha value is -1.79. The summed E-state index contributed by atoms with van der Waals surface area (Å²) < 4.78 is 5.28. The van der Waals surface area contributed by atoms with Crippen LogP contribution in [0, 0.1) is 0 Å². The Kier molecular flexibility index (Phi) is 6.15. The van der Waals surface area contributed by atoms with Gasteiger partial charge in [0.25, 0.3) is 0 Å². The van der Waals surface area contributed by atoms with Gasteiger partial charge in [-0.05, 0) is 24.1 Å². The van der Waals surface area contributed by atoms with Gasteiger partial charge in [-0.25, -0.2) is 4.79 Å². The predicted octanol–water partition coefficient (Wildman–Crippen LogP) is 1.87. The second kappa shape index (κ2) is 8.54. The molecule has 3 amide bonds. The van der Waals surface area contributed by atoms with Crippen LogP contribution in [0.15, 0.2) is 24.3 Å². The molecule has 0 aromatic heterocycles. The van der Waals surface area contributed by atoms with E-state index in [0.29, 0.717) is 70.3 Å². The van der Waals surface area contributed by atoms with E-state index in [2.05, 4.69) is 0 Å². The van der Waals surface area contributed by atoms with Crippen LogP contribution in [0.5, 0.6) is 0 Å². The molecule has 0 atom stereocenters. The Morgan fingerprint density at radius 1 is 0.880 bits per heavy atom. The van der Waals surface area contributed by atoms with Crippen molar-refractivity contribution in [3.8, 4) is 0 Å². The summed E-state index contributed by atoms with van der Waals surface area (Å²) in [5, 5.41) is 0.705. The number of halogens is 1. The summed E-state index contributed by atoms with van der Waals surface area (Å²) in [4.78, 5) is 30.4. The highest BCUT2D eigenvalue weighted by atomic mass is 35.5. The Bertz CT molecular complexity index is 594. The van der Waals surface area contributed by atoms with Crippen molar-refractivity contribution in [2.24, 2.45) is 0 Å². The summed E-state index contributed by atoms with van der Waals surface area (Å²) in [6, 6.07) is 7.66. The molecule has 0 saturated carbocycles. The highest BCUT2D eigenvalue weighted by Crippen LogP contribution is 2.13. The largest absolute Gasteiger partial charge is 0.378 e. The average molecular weight is 366 g/mol. The molecule has 2 heterocycles. The number of hydrogen-bond acceptors (Lipinski definition) is 3. The maximum absolute atomic E-state index is 12.4. The van der Waals surface area contributed by atoms with E-state index in [-0.39, 0.29) is 11.9 Å². The Balaban J connectivity index is 1.42. The van der Waals surface area contributed by atoms with Crippen molar-refractivity contribution in [3.63, 3.8) is 0 Å². The zero-order valence-electron chi connectivity index (χ0n) is 14.3. The van der Waals surface area contributed by atoms with Crippen LogP contribution in [0.25, 0.3) is 0 Å². The van der Waals surface area contributed by atoms with Crippen molar-refractivity contribution in [2.75, 3.05) is 52.5 Å². The number of urea groups is 1. The second-order valence-corrected chi connectivity index (χ2v) is 6.81. The lowest BCUT2D eigenvalue weighted by atomic mass is 10.1. The van der Waals surface area contributed by atoms with Gasteiger partial charge in [-0.1, -0.05) is 23.7 Å². The molecule has 2 fully saturated rings. The molecule has 2 saturated heterocycles. The molecule has 1 aromatic rings. The van der Waals surface area contributed by atoms with Gasteiger partial charge in [0.05, 0.1) is 13.2 Å². The molecule has 2 aliphatic heterocycles. The van der Waals surface area contributed by atoms with Gasteiger partial charge < -0.3 is 19.4 Å². The average Bonchev–Trinajstić information content (AvgIpc) is 2.67. The molecule has 0 spiro atoms. The van der Waals surface area contributed by atoms with Gasteiger partial charge in [0.2, 0.25) is 5.91 Å². The SMILES string of the molecule is O=C(CCc1ccc(Cl)cc1)N1CCN(C(=O)N2CCOCC2)CC1. The molecule has 7 heteroatoms. The van der Waals surface area contributed by atoms with Gasteiger partial charge in [-0.2, -0.15) is 0 Å². The fourth-order valence-electron chi connectivity index (χ4n) is 3.16. The summed E-state index contributed by atoms with van der Waals surface area (Å²) in [5.41, 5.74) is 1.11. The van der Waals surface area contributed by atoms with Crippen molar-refractivity contribution < 1.29 is 14.3 Å². The van der Waals surface area contributed by atoms with Crippen LogP contribution in [0.1, 0.15) is 12.0 Å². The number of nitrogens with zero attached hydrogens (tertiary/aromatic N) is 3. The summed E-state index contributed by atoms with van der Waals surface area (Å²) in [6.45, 7) is 4.93. The number of piperazine rings is 1. The van der Waals surface area contributed by atoms with E-state index in [4.69, 9.17) is 16.3 Å². The van der Waals surface area contributed by atoms with Crippen molar-refractivity contribution in [2.45, 2.75) is 12.8 Å². The first kappa shape index (κ1) is 18.0. The van der Waals surface area contributed by atoms with E-state index in [9.17, 15) is 9.59 Å². The number of morpholine rings is 1. The number of benzene rings is 1. The normalized spacial score (nSPS) is 18.4. The van der Waals surface area contributed by atoms with Crippen LogP contribution in [-0.2, 0) is 16.0 Å². The van der Waals surface area contributed by atoms with Gasteiger partial charge in [0, 0.05) is 50.7 Å². The molecule has 0 bridgehead atoms. The Labute approximate surface area is 153 Å². The van der Waals surface area contributed by atoms with E-state index < -0.39 is 0 Å². The lowest BCUT2D eigenvalue weighted by Crippen LogP contribution is -2.55. The lowest BCUT2D eigenvalue weighted by Gasteiger charge is -2.38. The minimum Gasteiger partial charge on any atom is -0.378 e. The summed E-state index contributed by atoms with van der Waals surface area (Å²) >= 11 is 5.87. The minimum atomic E-state index is 0.0663. The van der Waals surface area contributed by atoms with Crippen molar-refractivity contribution in [1.29, 1.82) is 0 Å². The van der Waals surface area contributed by atoms with Crippen LogP contribution >= 0.6 is 11.6 Å². The molecule has 2 aliphatic rings. The van der Waals surface area contributed by atoms with Crippen molar-refractivity contribution in [1.82, 2.24) is 14.7 Å². The van der Waals surface area contributed by atoms with E-state index in [1.165, 1.54) is 0 Å². The first-order valence-corrected chi connectivity index (χ1v) is 9.15. The number of ether oxygens (including phenoxy) is 1. The summed E-state index contributed by atoms with van der Waals surface area (Å²) in [5.74, 6) is 0.147. The molecule has 6 nitrogen and oxygen atoms in total. The predicted molar refractivity (Wildman–Crippen MR) is 95.7 cm³/mol. The third-order valence-corrected chi connectivity index (χ3v) is 4.98. The highest BCUT2D eigenvalue weighted by molar-refractivity contribution is 6.30. The second-order valence-electron chi connectivity index (χ2n) is 6.38. The first-order valence-electron chi connectivity index (χ1n) is 8.77. The molecule has 3 rings (SSSR count). The number of aryl methyl sites for hydroxylation is 1. The third-order valence-electron chi connectivity index (χ3n) is 4.73. The van der Waals surface area contributed by atoms with Crippen molar-refractivity contribution in [3.05, 3.63) is 34.9 Å². The molecule has 1 aromatic carbocycles. The monoisotopic (exact) mass is 365 g/mol. The molecule has 25 heavy (non-hydrogen) atoms. The van der Waals surface area contributed by atoms with Gasteiger partial charge in [-0.15, -0.1) is 0 Å². The van der Waals surface area contributed by atoms with Crippen molar-refractivity contribution >= 4 is 23.5 Å². The Morgan fingerprint density at radius 3 is 2.08 bits per heavy atom. The molecule has 136 valence electrons. The maximum atomic E-state index is 12.4. The van der Waals surface area contributed by atoms with Gasteiger partial charge in [0.1, 0.15) is 0 Å². The standard InChI is InChI=1S/C18H24ClN3O3/c19-16-4-1-15(2-5-16)3-6-17(23)20-7-9-21(10-8-20)18(24)22-11-13-25-14-12-22/h1-2,4-5H,3,6-14H2. The van der Waals surface area contributed by atoms with Gasteiger partial charge in [0.15, 0.2) is 0 Å². The van der Waals surface area contributed by atoms with Crippen LogP contribution in [-0.4, -0.2) is 79.1 Å². The third kappa shape index (κ3) is 4.86. The van der Waals surface area contributed by atoms with Crippen LogP contribution in [0.4, 0.5) is 4.79 Å². The van der Waals surface area contributed by atoms with Crippen LogP contribution in [0.3, 0.4) is 0 Å². The minimum absolute atomic E-state index is 0.0663. The fraction of sp³-hybridized carbons (Fsp3) is 0.556. The number of carbonyl (C=O) groups excluding carboxylic acids is 2. The first-order chi connectivity index (χ1) is 12.1. The molecule has 0 N–H and O–H groups in total. The molecular formula is C18H24ClN3O3. The summed E-state index contributed by atoms with van der Waals surface area (Å²) in [7, 11) is 0. The highest BCUT2D eigenvalue weighted by Gasteiger charge is 2.27. The fourth-order valence-corrected chi connectivity index (χ4v) is 3.29. The zero-order valence-corrected chi connectivity index (χ0v) is 15.1. The molecule has 0 unspecified atom stereocenters. The Morgan fingerprint density at radius 2 is 1.44 bits per heavy atom. The molecular weight excluding hydrogens is 342 g/mol.